The fourth-order valence-corrected chi connectivity index (χ4v) is 4.07. The Balaban J connectivity index is 1.64. The topological polar surface area (TPSA) is 101 Å². The van der Waals surface area contributed by atoms with E-state index in [2.05, 4.69) is 5.32 Å². The number of benzene rings is 1. The summed E-state index contributed by atoms with van der Waals surface area (Å²) < 4.78 is 20.2. The van der Waals surface area contributed by atoms with Crippen LogP contribution in [0.25, 0.3) is 0 Å². The maximum absolute atomic E-state index is 13.3. The largest absolute Gasteiger partial charge is 0.503 e. The summed E-state index contributed by atoms with van der Waals surface area (Å²) in [5.74, 6) is -2.58. The van der Waals surface area contributed by atoms with Gasteiger partial charge in [0.05, 0.1) is 17.2 Å². The average Bonchev–Trinajstić information content (AvgIpc) is 3.18. The lowest BCUT2D eigenvalue weighted by Gasteiger charge is -2.42. The Morgan fingerprint density at radius 1 is 1.40 bits per heavy atom. The molecule has 1 aromatic heterocycles. The summed E-state index contributed by atoms with van der Waals surface area (Å²) >= 11 is 5.74. The van der Waals surface area contributed by atoms with Crippen LogP contribution >= 0.6 is 11.6 Å². The molecule has 158 valence electrons. The number of hydrogen-bond donors (Lipinski definition) is 2. The molecule has 2 aliphatic rings. The number of aromatic nitrogens is 1. The van der Waals surface area contributed by atoms with Crippen molar-refractivity contribution in [2.45, 2.75) is 25.0 Å². The maximum atomic E-state index is 13.3. The molecule has 2 aromatic rings. The SMILES string of the molecule is CN1C(=O)c2c(O)c(=O)c(C(=O)NCc3ccc(F)c(Cl)c3)cn2CC12CCOC2. The van der Waals surface area contributed by atoms with Crippen LogP contribution < -0.4 is 10.7 Å². The van der Waals surface area contributed by atoms with Crippen LogP contribution in [0, 0.1) is 5.82 Å². The molecule has 1 aromatic carbocycles. The van der Waals surface area contributed by atoms with E-state index in [1.807, 2.05) is 0 Å². The second-order valence-corrected chi connectivity index (χ2v) is 7.93. The number of carbonyl (C=O) groups excluding carboxylic acids is 2. The highest BCUT2D eigenvalue weighted by Gasteiger charge is 2.47. The minimum Gasteiger partial charge on any atom is -0.503 e. The summed E-state index contributed by atoms with van der Waals surface area (Å²) in [7, 11) is 1.61. The molecule has 4 rings (SSSR count). The van der Waals surface area contributed by atoms with E-state index in [0.29, 0.717) is 25.2 Å². The standard InChI is InChI=1S/C20H19ClFN3O5/c1-24-19(29)15-17(27)16(26)12(8-25(15)9-20(24)4-5-30-10-20)18(28)23-7-11-2-3-14(22)13(21)6-11/h2-3,6,8,27H,4-5,7,9-10H2,1H3,(H,23,28). The highest BCUT2D eigenvalue weighted by atomic mass is 35.5. The van der Waals surface area contributed by atoms with Gasteiger partial charge in [-0.05, 0) is 24.1 Å². The van der Waals surface area contributed by atoms with Crippen LogP contribution in [0.15, 0.2) is 29.2 Å². The van der Waals surface area contributed by atoms with Gasteiger partial charge in [-0.2, -0.15) is 0 Å². The number of carbonyl (C=O) groups is 2. The number of ether oxygens (including phenoxy) is 1. The van der Waals surface area contributed by atoms with Crippen LogP contribution in [0.2, 0.25) is 5.02 Å². The molecule has 2 aliphatic heterocycles. The van der Waals surface area contributed by atoms with Crippen molar-refractivity contribution in [2.75, 3.05) is 20.3 Å². The molecule has 1 atom stereocenters. The number of aromatic hydroxyl groups is 1. The van der Waals surface area contributed by atoms with Crippen molar-refractivity contribution in [3.05, 3.63) is 62.3 Å². The first-order valence-electron chi connectivity index (χ1n) is 9.28. The Labute approximate surface area is 175 Å². The van der Waals surface area contributed by atoms with Gasteiger partial charge in [-0.3, -0.25) is 14.4 Å². The highest BCUT2D eigenvalue weighted by Crippen LogP contribution is 2.34. The van der Waals surface area contributed by atoms with E-state index in [-0.39, 0.29) is 29.4 Å². The second-order valence-electron chi connectivity index (χ2n) is 7.52. The predicted octanol–water partition coefficient (Wildman–Crippen LogP) is 1.52. The third-order valence-electron chi connectivity index (χ3n) is 5.70. The molecule has 10 heteroatoms. The Morgan fingerprint density at radius 3 is 2.83 bits per heavy atom. The molecule has 0 saturated carbocycles. The third kappa shape index (κ3) is 3.23. The summed E-state index contributed by atoms with van der Waals surface area (Å²) in [5, 5.41) is 12.9. The number of fused-ring (bicyclic) bond motifs is 1. The zero-order valence-electron chi connectivity index (χ0n) is 16.1. The van der Waals surface area contributed by atoms with Crippen LogP contribution in [0.5, 0.6) is 5.75 Å². The van der Waals surface area contributed by atoms with Gasteiger partial charge in [0.2, 0.25) is 5.43 Å². The van der Waals surface area contributed by atoms with E-state index in [0.717, 1.165) is 0 Å². The number of halogens is 2. The molecule has 0 aliphatic carbocycles. The van der Waals surface area contributed by atoms with Gasteiger partial charge < -0.3 is 24.6 Å². The number of rotatable bonds is 3. The minimum atomic E-state index is -0.934. The van der Waals surface area contributed by atoms with Crippen molar-refractivity contribution in [3.8, 4) is 5.75 Å². The molecular formula is C20H19ClFN3O5. The van der Waals surface area contributed by atoms with Crippen molar-refractivity contribution in [2.24, 2.45) is 0 Å². The van der Waals surface area contributed by atoms with Gasteiger partial charge in [0, 0.05) is 32.9 Å². The van der Waals surface area contributed by atoms with E-state index < -0.39 is 34.3 Å². The molecule has 0 bridgehead atoms. The summed E-state index contributed by atoms with van der Waals surface area (Å²) in [6.07, 6.45) is 1.89. The Kier molecular flexibility index (Phi) is 5.03. The normalized spacial score (nSPS) is 20.5. The number of hydrogen-bond acceptors (Lipinski definition) is 5. The molecule has 1 spiro atoms. The molecule has 8 nitrogen and oxygen atoms in total. The quantitative estimate of drug-likeness (QED) is 0.761. The average molecular weight is 436 g/mol. The summed E-state index contributed by atoms with van der Waals surface area (Å²) in [6, 6.07) is 4.00. The lowest BCUT2D eigenvalue weighted by atomic mass is 9.92. The van der Waals surface area contributed by atoms with Crippen LogP contribution in [0.3, 0.4) is 0 Å². The fourth-order valence-electron chi connectivity index (χ4n) is 3.87. The lowest BCUT2D eigenvalue weighted by Crippen LogP contribution is -2.57. The van der Waals surface area contributed by atoms with Gasteiger partial charge in [-0.1, -0.05) is 17.7 Å². The number of likely N-dealkylation sites (N-methyl/N-ethyl adjacent to an activating group) is 1. The van der Waals surface area contributed by atoms with Crippen LogP contribution in [0.1, 0.15) is 32.8 Å². The lowest BCUT2D eigenvalue weighted by molar-refractivity contribution is 0.0344. The van der Waals surface area contributed by atoms with Gasteiger partial charge in [-0.25, -0.2) is 4.39 Å². The zero-order valence-corrected chi connectivity index (χ0v) is 16.8. The molecule has 3 heterocycles. The van der Waals surface area contributed by atoms with Gasteiger partial charge in [0.25, 0.3) is 11.8 Å². The molecule has 2 N–H and O–H groups in total. The molecule has 1 unspecified atom stereocenters. The fraction of sp³-hybridized carbons (Fsp3) is 0.350. The van der Waals surface area contributed by atoms with Crippen LogP contribution in [-0.2, 0) is 17.8 Å². The third-order valence-corrected chi connectivity index (χ3v) is 5.99. The minimum absolute atomic E-state index is 0.000231. The van der Waals surface area contributed by atoms with Crippen LogP contribution in [-0.4, -0.2) is 52.2 Å². The Morgan fingerprint density at radius 2 is 2.17 bits per heavy atom. The number of amides is 2. The highest BCUT2D eigenvalue weighted by molar-refractivity contribution is 6.30. The van der Waals surface area contributed by atoms with Crippen LogP contribution in [0.4, 0.5) is 4.39 Å². The zero-order chi connectivity index (χ0) is 21.6. The second kappa shape index (κ2) is 7.41. The van der Waals surface area contributed by atoms with Crippen molar-refractivity contribution in [1.29, 1.82) is 0 Å². The smallest absolute Gasteiger partial charge is 0.274 e. The summed E-state index contributed by atoms with van der Waals surface area (Å²) in [5.41, 5.74) is -1.44. The van der Waals surface area contributed by atoms with Gasteiger partial charge in [-0.15, -0.1) is 0 Å². The molecule has 1 fully saturated rings. The van der Waals surface area contributed by atoms with Gasteiger partial charge >= 0.3 is 0 Å². The summed E-state index contributed by atoms with van der Waals surface area (Å²) in [6.45, 7) is 1.10. The Hall–Kier alpha value is -2.91. The molecule has 0 radical (unpaired) electrons. The number of nitrogens with one attached hydrogen (secondary N) is 1. The predicted molar refractivity (Wildman–Crippen MR) is 105 cm³/mol. The van der Waals surface area contributed by atoms with E-state index >= 15 is 0 Å². The first-order valence-corrected chi connectivity index (χ1v) is 9.66. The maximum Gasteiger partial charge on any atom is 0.274 e. The first kappa shape index (κ1) is 20.4. The van der Waals surface area contributed by atoms with Crippen molar-refractivity contribution < 1.29 is 23.8 Å². The van der Waals surface area contributed by atoms with Crippen molar-refractivity contribution >= 4 is 23.4 Å². The molecule has 2 amide bonds. The number of nitrogens with zero attached hydrogens (tertiary/aromatic N) is 2. The van der Waals surface area contributed by atoms with Crippen molar-refractivity contribution in [3.63, 3.8) is 0 Å². The molecule has 30 heavy (non-hydrogen) atoms. The number of pyridine rings is 1. The van der Waals surface area contributed by atoms with E-state index in [4.69, 9.17) is 16.3 Å². The van der Waals surface area contributed by atoms with E-state index in [1.165, 1.54) is 33.9 Å². The van der Waals surface area contributed by atoms with Gasteiger partial charge in [0.15, 0.2) is 11.4 Å². The summed E-state index contributed by atoms with van der Waals surface area (Å²) in [4.78, 5) is 39.5. The molecular weight excluding hydrogens is 417 g/mol. The van der Waals surface area contributed by atoms with E-state index in [1.54, 1.807) is 7.05 Å². The Bertz CT molecular complexity index is 1110. The first-order chi connectivity index (χ1) is 14.2. The van der Waals surface area contributed by atoms with Gasteiger partial charge in [0.1, 0.15) is 11.4 Å². The monoisotopic (exact) mass is 435 g/mol. The van der Waals surface area contributed by atoms with E-state index in [9.17, 15) is 23.9 Å². The van der Waals surface area contributed by atoms with Crippen molar-refractivity contribution in [1.82, 2.24) is 14.8 Å². The molecule has 1 saturated heterocycles.